The summed E-state index contributed by atoms with van der Waals surface area (Å²) in [5.41, 5.74) is -1.26. The Balaban J connectivity index is 4.85. The van der Waals surface area contributed by atoms with Crippen molar-refractivity contribution in [2.45, 2.75) is 66.1 Å². The summed E-state index contributed by atoms with van der Waals surface area (Å²) in [6.07, 6.45) is 1.09. The summed E-state index contributed by atoms with van der Waals surface area (Å²) in [4.78, 5) is 0. The van der Waals surface area contributed by atoms with Crippen LogP contribution in [0.15, 0.2) is 0 Å². The molecule has 0 spiro atoms. The second kappa shape index (κ2) is 4.63. The Morgan fingerprint density at radius 2 is 1.57 bits per heavy atom. The summed E-state index contributed by atoms with van der Waals surface area (Å²) in [7, 11) is 0. The van der Waals surface area contributed by atoms with Crippen molar-refractivity contribution in [2.75, 3.05) is 0 Å². The minimum absolute atomic E-state index is 0.421. The molecule has 0 aromatic rings. The van der Waals surface area contributed by atoms with Gasteiger partial charge in [-0.3, -0.25) is 0 Å². The molecule has 0 fully saturated rings. The van der Waals surface area contributed by atoms with Crippen LogP contribution in [0.1, 0.15) is 54.4 Å². The second-order valence-corrected chi connectivity index (χ2v) is 5.50. The average Bonchev–Trinajstić information content (AvgIpc) is 1.99. The standard InChI is InChI=1S/C12H26O2/c1-7-10(13)12(6,8-9(2)3)11(4,5)14/h9-10,13-14H,7-8H2,1-6H3. The number of aliphatic hydroxyl groups is 2. The van der Waals surface area contributed by atoms with E-state index in [1.165, 1.54) is 0 Å². The van der Waals surface area contributed by atoms with Crippen molar-refractivity contribution in [3.8, 4) is 0 Å². The Kier molecular flexibility index (Phi) is 4.60. The van der Waals surface area contributed by atoms with Crippen LogP contribution in [0.25, 0.3) is 0 Å². The summed E-state index contributed by atoms with van der Waals surface area (Å²) in [5.74, 6) is 0.479. The molecule has 0 aromatic carbocycles. The van der Waals surface area contributed by atoms with Gasteiger partial charge in [-0.1, -0.05) is 27.7 Å². The van der Waals surface area contributed by atoms with E-state index in [4.69, 9.17) is 0 Å². The Hall–Kier alpha value is -0.0800. The van der Waals surface area contributed by atoms with Crippen molar-refractivity contribution >= 4 is 0 Å². The molecule has 86 valence electrons. The zero-order valence-corrected chi connectivity index (χ0v) is 10.5. The van der Waals surface area contributed by atoms with Gasteiger partial charge in [0.1, 0.15) is 0 Å². The first-order valence-electron chi connectivity index (χ1n) is 5.55. The van der Waals surface area contributed by atoms with Gasteiger partial charge in [-0.15, -0.1) is 0 Å². The van der Waals surface area contributed by atoms with Crippen molar-refractivity contribution < 1.29 is 10.2 Å². The fourth-order valence-electron chi connectivity index (χ4n) is 2.09. The summed E-state index contributed by atoms with van der Waals surface area (Å²) in [6.45, 7) is 11.7. The number of hydrogen-bond acceptors (Lipinski definition) is 2. The highest BCUT2D eigenvalue weighted by atomic mass is 16.3. The highest BCUT2D eigenvalue weighted by Crippen LogP contribution is 2.41. The van der Waals surface area contributed by atoms with E-state index in [1.54, 1.807) is 13.8 Å². The van der Waals surface area contributed by atoms with E-state index in [0.29, 0.717) is 12.3 Å². The van der Waals surface area contributed by atoms with Gasteiger partial charge in [-0.2, -0.15) is 0 Å². The molecule has 0 saturated heterocycles. The molecule has 2 N–H and O–H groups in total. The zero-order chi connectivity index (χ0) is 11.6. The van der Waals surface area contributed by atoms with Gasteiger partial charge in [-0.25, -0.2) is 0 Å². The zero-order valence-electron chi connectivity index (χ0n) is 10.5. The molecule has 0 saturated carbocycles. The molecule has 2 atom stereocenters. The molecule has 14 heavy (non-hydrogen) atoms. The Bertz CT molecular complexity index is 170. The van der Waals surface area contributed by atoms with Gasteiger partial charge in [0, 0.05) is 5.41 Å². The predicted octanol–water partition coefficient (Wildman–Crippen LogP) is 2.58. The Morgan fingerprint density at radius 3 is 1.79 bits per heavy atom. The van der Waals surface area contributed by atoms with E-state index in [-0.39, 0.29) is 0 Å². The van der Waals surface area contributed by atoms with Gasteiger partial charge in [0.2, 0.25) is 0 Å². The molecule has 2 nitrogen and oxygen atoms in total. The summed E-state index contributed by atoms with van der Waals surface area (Å²) in [5, 5.41) is 20.1. The summed E-state index contributed by atoms with van der Waals surface area (Å²) < 4.78 is 0. The molecule has 0 bridgehead atoms. The molecule has 0 aliphatic heterocycles. The molecule has 0 amide bonds. The van der Waals surface area contributed by atoms with Crippen molar-refractivity contribution in [1.82, 2.24) is 0 Å². The summed E-state index contributed by atoms with van der Waals surface area (Å²) >= 11 is 0. The maximum atomic E-state index is 10.1. The fourth-order valence-corrected chi connectivity index (χ4v) is 2.09. The molecule has 0 aromatic heterocycles. The molecule has 2 heteroatoms. The normalized spacial score (nSPS) is 19.5. The quantitative estimate of drug-likeness (QED) is 0.719. The maximum absolute atomic E-state index is 10.1. The van der Waals surface area contributed by atoms with Gasteiger partial charge < -0.3 is 10.2 Å². The third kappa shape index (κ3) is 2.96. The van der Waals surface area contributed by atoms with Gasteiger partial charge in [0.15, 0.2) is 0 Å². The van der Waals surface area contributed by atoms with Crippen LogP contribution in [0.4, 0.5) is 0 Å². The lowest BCUT2D eigenvalue weighted by atomic mass is 9.66. The smallest absolute Gasteiger partial charge is 0.0669 e. The van der Waals surface area contributed by atoms with E-state index in [9.17, 15) is 10.2 Å². The SMILES string of the molecule is CCC(O)C(C)(CC(C)C)C(C)(C)O. The second-order valence-electron chi connectivity index (χ2n) is 5.50. The average molecular weight is 202 g/mol. The third-order valence-corrected chi connectivity index (χ3v) is 3.35. The molecule has 0 rings (SSSR count). The highest BCUT2D eigenvalue weighted by molar-refractivity contribution is 4.95. The molecule has 0 heterocycles. The molecule has 0 radical (unpaired) electrons. The van der Waals surface area contributed by atoms with Crippen LogP contribution in [-0.4, -0.2) is 21.9 Å². The van der Waals surface area contributed by atoms with Crippen LogP contribution in [0.3, 0.4) is 0 Å². The minimum Gasteiger partial charge on any atom is -0.392 e. The third-order valence-electron chi connectivity index (χ3n) is 3.35. The van der Waals surface area contributed by atoms with Crippen molar-refractivity contribution in [1.29, 1.82) is 0 Å². The molecule has 0 aliphatic rings. The first-order chi connectivity index (χ1) is 6.15. The van der Waals surface area contributed by atoms with Crippen LogP contribution in [0.2, 0.25) is 0 Å². The Labute approximate surface area is 88.3 Å². The molecule has 0 aliphatic carbocycles. The van der Waals surface area contributed by atoms with Crippen molar-refractivity contribution in [3.63, 3.8) is 0 Å². The minimum atomic E-state index is -0.841. The first kappa shape index (κ1) is 13.9. The summed E-state index contributed by atoms with van der Waals surface area (Å²) in [6, 6.07) is 0. The van der Waals surface area contributed by atoms with Crippen LogP contribution in [-0.2, 0) is 0 Å². The van der Waals surface area contributed by atoms with E-state index < -0.39 is 17.1 Å². The van der Waals surface area contributed by atoms with Gasteiger partial charge >= 0.3 is 0 Å². The number of hydrogen-bond donors (Lipinski definition) is 2. The van der Waals surface area contributed by atoms with E-state index in [0.717, 1.165) is 6.42 Å². The molecular weight excluding hydrogens is 176 g/mol. The van der Waals surface area contributed by atoms with Crippen molar-refractivity contribution in [3.05, 3.63) is 0 Å². The molecule has 2 unspecified atom stereocenters. The van der Waals surface area contributed by atoms with Gasteiger partial charge in [0.25, 0.3) is 0 Å². The lowest BCUT2D eigenvalue weighted by Gasteiger charge is -2.45. The fraction of sp³-hybridized carbons (Fsp3) is 1.00. The van der Waals surface area contributed by atoms with Crippen LogP contribution >= 0.6 is 0 Å². The largest absolute Gasteiger partial charge is 0.392 e. The lowest BCUT2D eigenvalue weighted by molar-refractivity contribution is -0.124. The maximum Gasteiger partial charge on any atom is 0.0669 e. The number of aliphatic hydroxyl groups excluding tert-OH is 1. The monoisotopic (exact) mass is 202 g/mol. The first-order valence-corrected chi connectivity index (χ1v) is 5.55. The predicted molar refractivity (Wildman–Crippen MR) is 60.2 cm³/mol. The van der Waals surface area contributed by atoms with Gasteiger partial charge in [0.05, 0.1) is 11.7 Å². The lowest BCUT2D eigenvalue weighted by Crippen LogP contribution is -2.50. The van der Waals surface area contributed by atoms with Crippen LogP contribution in [0, 0.1) is 11.3 Å². The van der Waals surface area contributed by atoms with Crippen LogP contribution < -0.4 is 0 Å². The topological polar surface area (TPSA) is 40.5 Å². The number of rotatable bonds is 5. The van der Waals surface area contributed by atoms with E-state index in [2.05, 4.69) is 13.8 Å². The molecular formula is C12H26O2. The van der Waals surface area contributed by atoms with Crippen LogP contribution in [0.5, 0.6) is 0 Å². The van der Waals surface area contributed by atoms with Crippen molar-refractivity contribution in [2.24, 2.45) is 11.3 Å². The Morgan fingerprint density at radius 1 is 1.14 bits per heavy atom. The highest BCUT2D eigenvalue weighted by Gasteiger charge is 2.44. The van der Waals surface area contributed by atoms with E-state index >= 15 is 0 Å². The van der Waals surface area contributed by atoms with E-state index in [1.807, 2.05) is 13.8 Å². The van der Waals surface area contributed by atoms with Gasteiger partial charge in [-0.05, 0) is 32.6 Å².